The highest BCUT2D eigenvalue weighted by Crippen LogP contribution is 2.14. The van der Waals surface area contributed by atoms with Gasteiger partial charge in [0, 0.05) is 5.56 Å². The summed E-state index contributed by atoms with van der Waals surface area (Å²) in [5.74, 6) is -2.17. The van der Waals surface area contributed by atoms with E-state index in [0.29, 0.717) is 0 Å². The predicted octanol–water partition coefficient (Wildman–Crippen LogP) is 0.843. The molecule has 0 saturated carbocycles. The third kappa shape index (κ3) is 1.68. The lowest BCUT2D eigenvalue weighted by Crippen LogP contribution is -2.22. The number of carbonyl (C=O) groups is 1. The maximum Gasteiger partial charge on any atom is 0.142 e. The monoisotopic (exact) mass is 173 g/mol. The summed E-state index contributed by atoms with van der Waals surface area (Å²) >= 11 is 5.30. The molecule has 4 heteroatoms. The summed E-state index contributed by atoms with van der Waals surface area (Å²) in [6, 6.07) is 3.17. The Morgan fingerprint density at radius 2 is 2.18 bits per heavy atom. The van der Waals surface area contributed by atoms with Crippen molar-refractivity contribution in [2.45, 2.75) is 0 Å². The van der Waals surface area contributed by atoms with Crippen LogP contribution in [0.15, 0.2) is 18.2 Å². The lowest BCUT2D eigenvalue weighted by molar-refractivity contribution is -0.255. The Balaban J connectivity index is 3.15. The molecule has 0 bridgehead atoms. The van der Waals surface area contributed by atoms with E-state index in [1.165, 1.54) is 12.1 Å². The Labute approximate surface area is 67.2 Å². The number of carboxylic acid groups (broad SMARTS) is 1. The van der Waals surface area contributed by atoms with Crippen molar-refractivity contribution in [2.75, 3.05) is 0 Å². The zero-order valence-corrected chi connectivity index (χ0v) is 6.06. The van der Waals surface area contributed by atoms with Crippen molar-refractivity contribution in [2.24, 2.45) is 0 Å². The van der Waals surface area contributed by atoms with Crippen LogP contribution in [0.1, 0.15) is 10.4 Å². The molecule has 0 aliphatic rings. The molecule has 0 radical (unpaired) electrons. The van der Waals surface area contributed by atoms with Gasteiger partial charge in [0.1, 0.15) is 5.82 Å². The number of benzene rings is 1. The fraction of sp³-hybridized carbons (Fsp3) is 0. The molecule has 1 rings (SSSR count). The van der Waals surface area contributed by atoms with Crippen LogP contribution in [0.2, 0.25) is 5.02 Å². The van der Waals surface area contributed by atoms with E-state index in [1.807, 2.05) is 0 Å². The molecule has 11 heavy (non-hydrogen) atoms. The van der Waals surface area contributed by atoms with Crippen LogP contribution < -0.4 is 5.11 Å². The van der Waals surface area contributed by atoms with Gasteiger partial charge in [0.15, 0.2) is 0 Å². The molecule has 0 aliphatic heterocycles. The van der Waals surface area contributed by atoms with E-state index in [9.17, 15) is 14.3 Å². The second-order valence-electron chi connectivity index (χ2n) is 1.92. The van der Waals surface area contributed by atoms with Gasteiger partial charge in [0.05, 0.1) is 11.0 Å². The van der Waals surface area contributed by atoms with Crippen molar-refractivity contribution in [3.05, 3.63) is 34.6 Å². The number of hydrogen-bond acceptors (Lipinski definition) is 2. The number of halogens is 2. The van der Waals surface area contributed by atoms with Crippen molar-refractivity contribution in [1.29, 1.82) is 0 Å². The Morgan fingerprint density at radius 3 is 2.64 bits per heavy atom. The van der Waals surface area contributed by atoms with Gasteiger partial charge in [-0.2, -0.15) is 0 Å². The maximum atomic E-state index is 12.5. The number of carbonyl (C=O) groups excluding carboxylic acids is 1. The first-order valence-corrected chi connectivity index (χ1v) is 3.15. The summed E-state index contributed by atoms with van der Waals surface area (Å²) in [6.45, 7) is 0. The highest BCUT2D eigenvalue weighted by Gasteiger charge is 2.00. The van der Waals surface area contributed by atoms with E-state index in [2.05, 4.69) is 0 Å². The number of rotatable bonds is 1. The average molecular weight is 174 g/mol. The van der Waals surface area contributed by atoms with Gasteiger partial charge in [-0.25, -0.2) is 4.39 Å². The van der Waals surface area contributed by atoms with Crippen molar-refractivity contribution >= 4 is 17.6 Å². The summed E-state index contributed by atoms with van der Waals surface area (Å²) in [7, 11) is 0. The van der Waals surface area contributed by atoms with Gasteiger partial charge >= 0.3 is 0 Å². The van der Waals surface area contributed by atoms with Crippen molar-refractivity contribution in [1.82, 2.24) is 0 Å². The second kappa shape index (κ2) is 2.88. The first-order chi connectivity index (χ1) is 5.11. The number of hydrogen-bond donors (Lipinski definition) is 0. The van der Waals surface area contributed by atoms with Gasteiger partial charge in [0.25, 0.3) is 0 Å². The van der Waals surface area contributed by atoms with Crippen LogP contribution in [-0.2, 0) is 0 Å². The van der Waals surface area contributed by atoms with Gasteiger partial charge in [0.2, 0.25) is 0 Å². The van der Waals surface area contributed by atoms with Crippen molar-refractivity contribution in [3.63, 3.8) is 0 Å². The zero-order chi connectivity index (χ0) is 8.43. The lowest BCUT2D eigenvalue weighted by Gasteiger charge is -2.01. The number of carboxylic acids is 1. The predicted molar refractivity (Wildman–Crippen MR) is 35.7 cm³/mol. The molecule has 0 amide bonds. The Kier molecular flexibility index (Phi) is 2.10. The minimum absolute atomic E-state index is 0.102. The fourth-order valence-corrected chi connectivity index (χ4v) is 0.741. The van der Waals surface area contributed by atoms with Crippen molar-refractivity contribution in [3.8, 4) is 0 Å². The summed E-state index contributed by atoms with van der Waals surface area (Å²) < 4.78 is 12.5. The normalized spacial score (nSPS) is 9.64. The van der Waals surface area contributed by atoms with Gasteiger partial charge in [-0.05, 0) is 12.1 Å². The fourth-order valence-electron chi connectivity index (χ4n) is 0.623. The Hall–Kier alpha value is -1.09. The summed E-state index contributed by atoms with van der Waals surface area (Å²) in [6.07, 6.45) is 0. The largest absolute Gasteiger partial charge is 0.545 e. The minimum Gasteiger partial charge on any atom is -0.545 e. The van der Waals surface area contributed by atoms with Gasteiger partial charge < -0.3 is 9.90 Å². The molecular formula is C7H3ClFO2-. The van der Waals surface area contributed by atoms with Crippen LogP contribution in [0.4, 0.5) is 4.39 Å². The Morgan fingerprint density at radius 1 is 1.55 bits per heavy atom. The molecule has 0 aliphatic carbocycles. The van der Waals surface area contributed by atoms with Crippen LogP contribution in [0.3, 0.4) is 0 Å². The molecule has 58 valence electrons. The Bertz CT molecular complexity index is 298. The molecule has 0 heterocycles. The molecule has 0 saturated heterocycles. The highest BCUT2D eigenvalue weighted by atomic mass is 35.5. The van der Waals surface area contributed by atoms with E-state index in [-0.39, 0.29) is 10.6 Å². The van der Waals surface area contributed by atoms with Crippen LogP contribution in [-0.4, -0.2) is 5.97 Å². The van der Waals surface area contributed by atoms with Gasteiger partial charge in [-0.15, -0.1) is 0 Å². The molecule has 1 aromatic rings. The van der Waals surface area contributed by atoms with E-state index in [4.69, 9.17) is 11.6 Å². The van der Waals surface area contributed by atoms with E-state index in [1.54, 1.807) is 0 Å². The third-order valence-electron chi connectivity index (χ3n) is 1.16. The van der Waals surface area contributed by atoms with Crippen molar-refractivity contribution < 1.29 is 14.3 Å². The molecule has 0 aromatic heterocycles. The molecule has 0 unspecified atom stereocenters. The molecule has 0 atom stereocenters. The average Bonchev–Trinajstić information content (AvgIpc) is 1.94. The van der Waals surface area contributed by atoms with Crippen LogP contribution >= 0.6 is 11.6 Å². The minimum atomic E-state index is -1.42. The second-order valence-corrected chi connectivity index (χ2v) is 2.32. The van der Waals surface area contributed by atoms with Crippen LogP contribution in [0, 0.1) is 5.82 Å². The third-order valence-corrected chi connectivity index (χ3v) is 1.46. The van der Waals surface area contributed by atoms with E-state index >= 15 is 0 Å². The SMILES string of the molecule is O=C([O-])c1ccc(Cl)c(F)c1. The molecule has 0 N–H and O–H groups in total. The van der Waals surface area contributed by atoms with Gasteiger partial charge in [-0.1, -0.05) is 17.7 Å². The molecule has 1 aromatic carbocycles. The first-order valence-electron chi connectivity index (χ1n) is 2.77. The summed E-state index contributed by atoms with van der Waals surface area (Å²) in [5.41, 5.74) is -0.216. The lowest BCUT2D eigenvalue weighted by atomic mass is 10.2. The maximum absolute atomic E-state index is 12.5. The topological polar surface area (TPSA) is 40.1 Å². The molecule has 0 fully saturated rings. The smallest absolute Gasteiger partial charge is 0.142 e. The summed E-state index contributed by atoms with van der Waals surface area (Å²) in [4.78, 5) is 10.1. The number of aromatic carboxylic acids is 1. The molecule has 2 nitrogen and oxygen atoms in total. The summed E-state index contributed by atoms with van der Waals surface area (Å²) in [5, 5.41) is 10.0. The zero-order valence-electron chi connectivity index (χ0n) is 5.30. The van der Waals surface area contributed by atoms with E-state index in [0.717, 1.165) is 6.07 Å². The molecular weight excluding hydrogens is 171 g/mol. The first kappa shape index (κ1) is 8.01. The standard InChI is InChI=1S/C7H4ClFO2/c8-5-2-1-4(7(10)11)3-6(5)9/h1-3H,(H,10,11)/p-1. The van der Waals surface area contributed by atoms with E-state index < -0.39 is 11.8 Å². The van der Waals surface area contributed by atoms with Crippen LogP contribution in [0.25, 0.3) is 0 Å². The highest BCUT2D eigenvalue weighted by molar-refractivity contribution is 6.30. The quantitative estimate of drug-likeness (QED) is 0.632. The molecule has 0 spiro atoms. The van der Waals surface area contributed by atoms with Gasteiger partial charge in [-0.3, -0.25) is 0 Å². The van der Waals surface area contributed by atoms with Crippen LogP contribution in [0.5, 0.6) is 0 Å².